The lowest BCUT2D eigenvalue weighted by molar-refractivity contribution is 0.613. The van der Waals surface area contributed by atoms with Crippen LogP contribution in [0.2, 0.25) is 5.02 Å². The van der Waals surface area contributed by atoms with E-state index in [0.29, 0.717) is 11.1 Å². The van der Waals surface area contributed by atoms with E-state index in [2.05, 4.69) is 15.6 Å². The number of guanidine groups is 1. The van der Waals surface area contributed by atoms with Crippen molar-refractivity contribution >= 4 is 17.6 Å². The summed E-state index contributed by atoms with van der Waals surface area (Å²) < 4.78 is 13.0. The van der Waals surface area contributed by atoms with Gasteiger partial charge in [0.25, 0.3) is 0 Å². The molecule has 0 unspecified atom stereocenters. The van der Waals surface area contributed by atoms with Crippen LogP contribution >= 0.6 is 11.6 Å². The molecule has 0 atom stereocenters. The molecular formula is C15H21ClFN3. The van der Waals surface area contributed by atoms with E-state index in [1.165, 1.54) is 37.8 Å². The van der Waals surface area contributed by atoms with Crippen LogP contribution in [-0.2, 0) is 6.42 Å². The Morgan fingerprint density at radius 2 is 2.15 bits per heavy atom. The Bertz CT molecular complexity index is 470. The average molecular weight is 298 g/mol. The lowest BCUT2D eigenvalue weighted by Gasteiger charge is -2.17. The first-order valence-corrected chi connectivity index (χ1v) is 7.48. The second kappa shape index (κ2) is 7.48. The number of halogens is 2. The van der Waals surface area contributed by atoms with Gasteiger partial charge < -0.3 is 10.6 Å². The van der Waals surface area contributed by atoms with Gasteiger partial charge in [0.2, 0.25) is 0 Å². The molecule has 0 amide bonds. The van der Waals surface area contributed by atoms with Crippen LogP contribution < -0.4 is 10.6 Å². The van der Waals surface area contributed by atoms with Crippen molar-refractivity contribution in [3.8, 4) is 0 Å². The molecule has 1 aromatic carbocycles. The van der Waals surface area contributed by atoms with Gasteiger partial charge in [-0.05, 0) is 37.0 Å². The highest BCUT2D eigenvalue weighted by Gasteiger charge is 2.15. The molecular weight excluding hydrogens is 277 g/mol. The second-order valence-corrected chi connectivity index (χ2v) is 5.52. The summed E-state index contributed by atoms with van der Waals surface area (Å²) in [5.41, 5.74) is 0.942. The van der Waals surface area contributed by atoms with Crippen LogP contribution in [-0.4, -0.2) is 25.6 Å². The molecule has 0 bridgehead atoms. The summed E-state index contributed by atoms with van der Waals surface area (Å²) in [4.78, 5) is 4.22. The van der Waals surface area contributed by atoms with Crippen LogP contribution in [0.3, 0.4) is 0 Å². The highest BCUT2D eigenvalue weighted by Crippen LogP contribution is 2.18. The minimum atomic E-state index is -0.301. The Labute approximate surface area is 124 Å². The first kappa shape index (κ1) is 15.1. The molecule has 5 heteroatoms. The minimum absolute atomic E-state index is 0.301. The molecule has 0 radical (unpaired) electrons. The maximum Gasteiger partial charge on any atom is 0.191 e. The molecule has 0 aromatic heterocycles. The smallest absolute Gasteiger partial charge is 0.191 e. The Balaban J connectivity index is 1.78. The quantitative estimate of drug-likeness (QED) is 0.662. The summed E-state index contributed by atoms with van der Waals surface area (Å²) in [5.74, 6) is 0.528. The Hall–Kier alpha value is -1.29. The Morgan fingerprint density at radius 1 is 1.40 bits per heavy atom. The molecule has 2 rings (SSSR count). The second-order valence-electron chi connectivity index (χ2n) is 5.11. The molecule has 20 heavy (non-hydrogen) atoms. The van der Waals surface area contributed by atoms with E-state index < -0.39 is 0 Å². The third-order valence-corrected chi connectivity index (χ3v) is 3.97. The molecule has 1 aromatic rings. The maximum atomic E-state index is 13.0. The summed E-state index contributed by atoms with van der Waals surface area (Å²) in [6.07, 6.45) is 5.75. The number of hydrogen-bond acceptors (Lipinski definition) is 1. The summed E-state index contributed by atoms with van der Waals surface area (Å²) in [6.45, 7) is 0.720. The van der Waals surface area contributed by atoms with Gasteiger partial charge in [0.15, 0.2) is 5.96 Å². The SMILES string of the molecule is CN=C(NCCc1ccc(F)cc1Cl)NC1CCCC1. The van der Waals surface area contributed by atoms with E-state index in [1.807, 2.05) is 0 Å². The number of aliphatic imine (C=N–C) groups is 1. The number of nitrogens with one attached hydrogen (secondary N) is 2. The highest BCUT2D eigenvalue weighted by atomic mass is 35.5. The molecule has 110 valence electrons. The molecule has 1 aliphatic carbocycles. The fourth-order valence-corrected chi connectivity index (χ4v) is 2.76. The van der Waals surface area contributed by atoms with Crippen LogP contribution in [0.25, 0.3) is 0 Å². The topological polar surface area (TPSA) is 36.4 Å². The maximum absolute atomic E-state index is 13.0. The largest absolute Gasteiger partial charge is 0.356 e. The molecule has 0 saturated heterocycles. The van der Waals surface area contributed by atoms with Gasteiger partial charge in [-0.25, -0.2) is 4.39 Å². The van der Waals surface area contributed by atoms with Gasteiger partial charge >= 0.3 is 0 Å². The summed E-state index contributed by atoms with van der Waals surface area (Å²) in [6, 6.07) is 5.05. The first-order chi connectivity index (χ1) is 9.69. The van der Waals surface area contributed by atoms with Crippen molar-refractivity contribution in [2.45, 2.75) is 38.1 Å². The zero-order chi connectivity index (χ0) is 14.4. The Morgan fingerprint density at radius 3 is 2.80 bits per heavy atom. The lowest BCUT2D eigenvalue weighted by atomic mass is 10.1. The summed E-state index contributed by atoms with van der Waals surface area (Å²) in [5, 5.41) is 7.17. The van der Waals surface area contributed by atoms with Gasteiger partial charge in [-0.3, -0.25) is 4.99 Å². The van der Waals surface area contributed by atoms with Crippen molar-refractivity contribution in [2.24, 2.45) is 4.99 Å². The van der Waals surface area contributed by atoms with Gasteiger partial charge in [0, 0.05) is 24.7 Å². The minimum Gasteiger partial charge on any atom is -0.356 e. The molecule has 1 aliphatic rings. The van der Waals surface area contributed by atoms with Crippen LogP contribution in [0, 0.1) is 5.82 Å². The zero-order valence-electron chi connectivity index (χ0n) is 11.8. The van der Waals surface area contributed by atoms with Crippen molar-refractivity contribution in [1.82, 2.24) is 10.6 Å². The van der Waals surface area contributed by atoms with E-state index in [4.69, 9.17) is 11.6 Å². The van der Waals surface area contributed by atoms with Crippen LogP contribution in [0.15, 0.2) is 23.2 Å². The average Bonchev–Trinajstić information content (AvgIpc) is 2.93. The van der Waals surface area contributed by atoms with Crippen molar-refractivity contribution in [2.75, 3.05) is 13.6 Å². The number of nitrogens with zero attached hydrogens (tertiary/aromatic N) is 1. The normalized spacial score (nSPS) is 16.4. The van der Waals surface area contributed by atoms with Gasteiger partial charge in [-0.1, -0.05) is 30.5 Å². The molecule has 0 heterocycles. The molecule has 3 nitrogen and oxygen atoms in total. The van der Waals surface area contributed by atoms with Crippen molar-refractivity contribution in [3.63, 3.8) is 0 Å². The number of hydrogen-bond donors (Lipinski definition) is 2. The van der Waals surface area contributed by atoms with Gasteiger partial charge in [-0.15, -0.1) is 0 Å². The van der Waals surface area contributed by atoms with Crippen molar-refractivity contribution in [3.05, 3.63) is 34.6 Å². The van der Waals surface area contributed by atoms with Gasteiger partial charge in [0.1, 0.15) is 5.82 Å². The third-order valence-electron chi connectivity index (χ3n) is 3.62. The van der Waals surface area contributed by atoms with E-state index >= 15 is 0 Å². The molecule has 2 N–H and O–H groups in total. The fraction of sp³-hybridized carbons (Fsp3) is 0.533. The standard InChI is InChI=1S/C15H21ClFN3/c1-18-15(20-13-4-2-3-5-13)19-9-8-11-6-7-12(17)10-14(11)16/h6-7,10,13H,2-5,8-9H2,1H3,(H2,18,19,20). The number of benzene rings is 1. The van der Waals surface area contributed by atoms with Crippen LogP contribution in [0.4, 0.5) is 4.39 Å². The highest BCUT2D eigenvalue weighted by molar-refractivity contribution is 6.31. The fourth-order valence-electron chi connectivity index (χ4n) is 2.50. The molecule has 1 fully saturated rings. The predicted octanol–water partition coefficient (Wildman–Crippen LogP) is 3.13. The molecule has 0 spiro atoms. The summed E-state index contributed by atoms with van der Waals surface area (Å²) >= 11 is 6.00. The van der Waals surface area contributed by atoms with Crippen LogP contribution in [0.1, 0.15) is 31.2 Å². The lowest BCUT2D eigenvalue weighted by Crippen LogP contribution is -2.43. The van der Waals surface area contributed by atoms with Crippen molar-refractivity contribution in [1.29, 1.82) is 0 Å². The summed E-state index contributed by atoms with van der Waals surface area (Å²) in [7, 11) is 1.77. The molecule has 0 aliphatic heterocycles. The first-order valence-electron chi connectivity index (χ1n) is 7.10. The van der Waals surface area contributed by atoms with E-state index in [1.54, 1.807) is 13.1 Å². The van der Waals surface area contributed by atoms with Crippen molar-refractivity contribution < 1.29 is 4.39 Å². The van der Waals surface area contributed by atoms with E-state index in [9.17, 15) is 4.39 Å². The predicted molar refractivity (Wildman–Crippen MR) is 81.9 cm³/mol. The number of rotatable bonds is 4. The zero-order valence-corrected chi connectivity index (χ0v) is 12.5. The Kier molecular flexibility index (Phi) is 5.65. The monoisotopic (exact) mass is 297 g/mol. The van der Waals surface area contributed by atoms with Gasteiger partial charge in [0.05, 0.1) is 0 Å². The van der Waals surface area contributed by atoms with E-state index in [-0.39, 0.29) is 5.82 Å². The van der Waals surface area contributed by atoms with E-state index in [0.717, 1.165) is 24.5 Å². The molecule has 1 saturated carbocycles. The third kappa shape index (κ3) is 4.37. The van der Waals surface area contributed by atoms with Gasteiger partial charge in [-0.2, -0.15) is 0 Å². The van der Waals surface area contributed by atoms with Crippen LogP contribution in [0.5, 0.6) is 0 Å².